The Morgan fingerprint density at radius 3 is 3.00 bits per heavy atom. The Labute approximate surface area is 73.8 Å². The monoisotopic (exact) mass is 220 g/mol. The van der Waals surface area contributed by atoms with Crippen molar-refractivity contribution in [2.24, 2.45) is 5.92 Å². The molecular weight excluding hydrogens is 211 g/mol. The van der Waals surface area contributed by atoms with Crippen molar-refractivity contribution in [1.29, 1.82) is 0 Å². The zero-order valence-corrected chi connectivity index (χ0v) is 7.73. The van der Waals surface area contributed by atoms with E-state index in [1.807, 2.05) is 0 Å². The van der Waals surface area contributed by atoms with Crippen LogP contribution in [0.1, 0.15) is 19.3 Å². The van der Waals surface area contributed by atoms with E-state index in [0.29, 0.717) is 24.6 Å². The molecule has 0 bridgehead atoms. The smallest absolute Gasteiger partial charge is 0.146 e. The summed E-state index contributed by atoms with van der Waals surface area (Å²) in [7, 11) is 0. The molecule has 0 radical (unpaired) electrons. The average Bonchev–Trinajstić information content (AvgIpc) is 2.05. The molecule has 62 valence electrons. The van der Waals surface area contributed by atoms with E-state index in [1.54, 1.807) is 0 Å². The molecule has 0 N–H and O–H groups in total. The highest BCUT2D eigenvalue weighted by molar-refractivity contribution is 9.09. The number of hydrogen-bond donors (Lipinski definition) is 0. The zero-order valence-electron chi connectivity index (χ0n) is 6.15. The summed E-state index contributed by atoms with van der Waals surface area (Å²) >= 11 is 3.10. The molecule has 1 atom stereocenters. The lowest BCUT2D eigenvalue weighted by atomic mass is 9.91. The van der Waals surface area contributed by atoms with Crippen molar-refractivity contribution in [1.82, 2.24) is 0 Å². The van der Waals surface area contributed by atoms with Gasteiger partial charge in [-0.3, -0.25) is 4.79 Å². The second-order valence-electron chi connectivity index (χ2n) is 2.72. The van der Waals surface area contributed by atoms with Crippen molar-refractivity contribution in [2.75, 3.05) is 5.33 Å². The molecule has 1 unspecified atom stereocenters. The van der Waals surface area contributed by atoms with Gasteiger partial charge in [-0.15, -0.1) is 0 Å². The second-order valence-corrected chi connectivity index (χ2v) is 3.28. The van der Waals surface area contributed by atoms with E-state index in [4.69, 9.17) is 0 Å². The number of ketones is 1. The van der Waals surface area contributed by atoms with Crippen LogP contribution in [0, 0.1) is 5.92 Å². The Morgan fingerprint density at radius 1 is 1.82 bits per heavy atom. The van der Waals surface area contributed by atoms with Crippen LogP contribution in [0.25, 0.3) is 0 Å². The maximum atomic E-state index is 12.5. The van der Waals surface area contributed by atoms with Crippen LogP contribution in [0.3, 0.4) is 0 Å². The van der Waals surface area contributed by atoms with Crippen molar-refractivity contribution < 1.29 is 9.18 Å². The van der Waals surface area contributed by atoms with Gasteiger partial charge in [-0.05, 0) is 19.3 Å². The predicted octanol–water partition coefficient (Wildman–Crippen LogP) is 2.60. The van der Waals surface area contributed by atoms with E-state index >= 15 is 0 Å². The number of Topliss-reactive ketones (excluding diaryl/α,β-unsaturated/α-hetero) is 1. The van der Waals surface area contributed by atoms with Crippen molar-refractivity contribution in [2.45, 2.75) is 19.3 Å². The van der Waals surface area contributed by atoms with Crippen LogP contribution in [0.4, 0.5) is 4.39 Å². The maximum absolute atomic E-state index is 12.5. The van der Waals surface area contributed by atoms with E-state index in [1.165, 1.54) is 6.08 Å². The van der Waals surface area contributed by atoms with Gasteiger partial charge >= 0.3 is 0 Å². The number of carbonyl (C=O) groups is 1. The van der Waals surface area contributed by atoms with Gasteiger partial charge in [0.1, 0.15) is 5.78 Å². The molecule has 1 aliphatic carbocycles. The highest BCUT2D eigenvalue weighted by Crippen LogP contribution is 2.24. The van der Waals surface area contributed by atoms with Crippen LogP contribution in [0.5, 0.6) is 0 Å². The fourth-order valence-corrected chi connectivity index (χ4v) is 1.66. The molecule has 0 aromatic carbocycles. The molecule has 0 amide bonds. The van der Waals surface area contributed by atoms with Crippen LogP contribution in [-0.2, 0) is 4.79 Å². The molecule has 1 rings (SSSR count). The molecule has 0 saturated carbocycles. The number of carbonyl (C=O) groups excluding carboxylic acids is 1. The third-order valence-electron chi connectivity index (χ3n) is 1.94. The van der Waals surface area contributed by atoms with Gasteiger partial charge < -0.3 is 0 Å². The molecule has 1 aliphatic rings. The van der Waals surface area contributed by atoms with E-state index in [-0.39, 0.29) is 17.5 Å². The van der Waals surface area contributed by atoms with E-state index in [9.17, 15) is 9.18 Å². The van der Waals surface area contributed by atoms with Gasteiger partial charge in [0.2, 0.25) is 0 Å². The molecule has 0 aromatic heterocycles. The first kappa shape index (κ1) is 8.91. The largest absolute Gasteiger partial charge is 0.298 e. The van der Waals surface area contributed by atoms with Gasteiger partial charge in [-0.1, -0.05) is 22.0 Å². The zero-order chi connectivity index (χ0) is 8.27. The quantitative estimate of drug-likeness (QED) is 0.655. The minimum Gasteiger partial charge on any atom is -0.298 e. The van der Waals surface area contributed by atoms with Crippen molar-refractivity contribution in [3.63, 3.8) is 0 Å². The Balaban J connectivity index is 2.47. The van der Waals surface area contributed by atoms with Crippen molar-refractivity contribution in [3.8, 4) is 0 Å². The van der Waals surface area contributed by atoms with Crippen LogP contribution in [-0.4, -0.2) is 11.1 Å². The van der Waals surface area contributed by atoms with E-state index < -0.39 is 0 Å². The molecule has 11 heavy (non-hydrogen) atoms. The third kappa shape index (κ3) is 2.40. The highest BCUT2D eigenvalue weighted by atomic mass is 79.9. The topological polar surface area (TPSA) is 17.1 Å². The Kier molecular flexibility index (Phi) is 3.24. The summed E-state index contributed by atoms with van der Waals surface area (Å²) in [6.45, 7) is 0. The van der Waals surface area contributed by atoms with Gasteiger partial charge in [0.05, 0.1) is 11.2 Å². The first-order valence-electron chi connectivity index (χ1n) is 3.67. The van der Waals surface area contributed by atoms with Crippen LogP contribution in [0.15, 0.2) is 11.9 Å². The van der Waals surface area contributed by atoms with Gasteiger partial charge in [-0.25, -0.2) is 4.39 Å². The fourth-order valence-electron chi connectivity index (χ4n) is 1.20. The normalized spacial score (nSPS) is 24.5. The Bertz CT molecular complexity index is 189. The van der Waals surface area contributed by atoms with Crippen LogP contribution in [0.2, 0.25) is 0 Å². The van der Waals surface area contributed by atoms with E-state index in [2.05, 4.69) is 15.9 Å². The molecule has 0 heterocycles. The molecule has 1 nitrogen and oxygen atoms in total. The average molecular weight is 221 g/mol. The summed E-state index contributed by atoms with van der Waals surface area (Å²) in [6, 6.07) is 0. The van der Waals surface area contributed by atoms with E-state index in [0.717, 1.165) is 0 Å². The summed E-state index contributed by atoms with van der Waals surface area (Å²) in [5, 5.41) is 0.396. The van der Waals surface area contributed by atoms with Crippen LogP contribution >= 0.6 is 15.9 Å². The van der Waals surface area contributed by atoms with Gasteiger partial charge in [-0.2, -0.15) is 0 Å². The second kappa shape index (κ2) is 4.00. The first-order valence-corrected chi connectivity index (χ1v) is 4.79. The maximum Gasteiger partial charge on any atom is 0.146 e. The summed E-state index contributed by atoms with van der Waals surface area (Å²) in [6.07, 6.45) is 3.21. The number of halogens is 2. The molecule has 0 aromatic rings. The lowest BCUT2D eigenvalue weighted by molar-refractivity contribution is -0.120. The van der Waals surface area contributed by atoms with Crippen LogP contribution < -0.4 is 0 Å². The Morgan fingerprint density at radius 2 is 2.55 bits per heavy atom. The van der Waals surface area contributed by atoms with Crippen molar-refractivity contribution >= 4 is 21.7 Å². The van der Waals surface area contributed by atoms with Gasteiger partial charge in [0.25, 0.3) is 0 Å². The molecule has 0 spiro atoms. The minimum absolute atomic E-state index is 0.0499. The van der Waals surface area contributed by atoms with Crippen molar-refractivity contribution in [3.05, 3.63) is 11.9 Å². The predicted molar refractivity (Wildman–Crippen MR) is 45.3 cm³/mol. The molecule has 3 heteroatoms. The summed E-state index contributed by atoms with van der Waals surface area (Å²) in [5.41, 5.74) is 0. The fraction of sp³-hybridized carbons (Fsp3) is 0.625. The molecule has 0 fully saturated rings. The molecule has 0 saturated heterocycles. The lowest BCUT2D eigenvalue weighted by Gasteiger charge is -2.15. The third-order valence-corrected chi connectivity index (χ3v) is 2.50. The Hall–Kier alpha value is -0.180. The number of hydrogen-bond acceptors (Lipinski definition) is 1. The number of allylic oxidation sites excluding steroid dienone is 2. The number of alkyl halides is 1. The summed E-state index contributed by atoms with van der Waals surface area (Å²) in [4.78, 5) is 11.1. The number of rotatable bonds is 2. The minimum atomic E-state index is -0.0661. The SMILES string of the molecule is O=C(CBr)C1CC=C(F)CC1. The summed E-state index contributed by atoms with van der Waals surface area (Å²) < 4.78 is 12.5. The molecular formula is C8H10BrFO. The first-order chi connectivity index (χ1) is 5.24. The van der Waals surface area contributed by atoms with Gasteiger partial charge in [0, 0.05) is 5.92 Å². The standard InChI is InChI=1S/C8H10BrFO/c9-5-8(11)6-1-3-7(10)4-2-6/h3,6H,1-2,4-5H2. The van der Waals surface area contributed by atoms with Gasteiger partial charge in [0.15, 0.2) is 0 Å². The highest BCUT2D eigenvalue weighted by Gasteiger charge is 2.19. The molecule has 0 aliphatic heterocycles. The summed E-state index contributed by atoms with van der Waals surface area (Å²) in [5.74, 6) is 0.172. The lowest BCUT2D eigenvalue weighted by Crippen LogP contribution is -2.17.